The van der Waals surface area contributed by atoms with Gasteiger partial charge in [-0.2, -0.15) is 0 Å². The topological polar surface area (TPSA) is 67.9 Å². The van der Waals surface area contributed by atoms with E-state index in [1.165, 1.54) is 12.8 Å². The molecule has 6 nitrogen and oxygen atoms in total. The zero-order valence-corrected chi connectivity index (χ0v) is 18.9. The standard InChI is InChI=1S/C22H30N2O4.C3H6/c1-2-15-3-5-18(11-15)23-22(26)17-7-9-24(10-8-17)21(25)13-16-4-6-19-20(12-16)28-14-27-19;1-3-2/h4,6,12,15,17-18H,2-3,5,7-11,13-14H2,1H3,(H,23,26);3H,1H2,2H3. The molecule has 1 aliphatic carbocycles. The number of hydrogen-bond acceptors (Lipinski definition) is 4. The van der Waals surface area contributed by atoms with Crippen molar-refractivity contribution in [3.05, 3.63) is 36.4 Å². The Morgan fingerprint density at radius 2 is 1.87 bits per heavy atom. The Morgan fingerprint density at radius 3 is 2.55 bits per heavy atom. The van der Waals surface area contributed by atoms with Crippen LogP contribution in [0.1, 0.15) is 57.9 Å². The van der Waals surface area contributed by atoms with Crippen LogP contribution in [-0.2, 0) is 16.0 Å². The number of allylic oxidation sites excluding steroid dienone is 1. The molecule has 2 atom stereocenters. The lowest BCUT2D eigenvalue weighted by Crippen LogP contribution is -2.45. The quantitative estimate of drug-likeness (QED) is 0.718. The summed E-state index contributed by atoms with van der Waals surface area (Å²) in [5.74, 6) is 2.54. The van der Waals surface area contributed by atoms with Crippen LogP contribution in [-0.4, -0.2) is 42.6 Å². The molecule has 4 rings (SSSR count). The number of piperidine rings is 1. The summed E-state index contributed by atoms with van der Waals surface area (Å²) < 4.78 is 10.7. The van der Waals surface area contributed by atoms with Crippen molar-refractivity contribution < 1.29 is 19.1 Å². The van der Waals surface area contributed by atoms with Crippen LogP contribution in [0.2, 0.25) is 0 Å². The van der Waals surface area contributed by atoms with Crippen LogP contribution < -0.4 is 14.8 Å². The Balaban J connectivity index is 0.000000858. The van der Waals surface area contributed by atoms with Gasteiger partial charge in [0.25, 0.3) is 0 Å². The molecule has 1 saturated heterocycles. The van der Waals surface area contributed by atoms with Crippen LogP contribution in [0.4, 0.5) is 0 Å². The molecule has 0 spiro atoms. The predicted molar refractivity (Wildman–Crippen MR) is 121 cm³/mol. The molecule has 2 amide bonds. The maximum absolute atomic E-state index is 12.6. The van der Waals surface area contributed by atoms with Crippen LogP contribution in [0.5, 0.6) is 11.5 Å². The molecule has 2 fully saturated rings. The molecule has 2 aliphatic heterocycles. The second-order valence-corrected chi connectivity index (χ2v) is 8.72. The lowest BCUT2D eigenvalue weighted by atomic mass is 9.95. The minimum Gasteiger partial charge on any atom is -0.454 e. The number of benzene rings is 1. The van der Waals surface area contributed by atoms with Gasteiger partial charge in [-0.05, 0) is 62.6 Å². The third kappa shape index (κ3) is 6.25. The highest BCUT2D eigenvalue weighted by Gasteiger charge is 2.30. The van der Waals surface area contributed by atoms with Crippen LogP contribution in [0.15, 0.2) is 30.9 Å². The van der Waals surface area contributed by atoms with E-state index in [-0.39, 0.29) is 24.5 Å². The maximum Gasteiger partial charge on any atom is 0.231 e. The zero-order chi connectivity index (χ0) is 22.2. The zero-order valence-electron chi connectivity index (χ0n) is 18.9. The Bertz CT molecular complexity index is 771. The van der Waals surface area contributed by atoms with Gasteiger partial charge in [0.15, 0.2) is 11.5 Å². The van der Waals surface area contributed by atoms with Crippen LogP contribution in [0.3, 0.4) is 0 Å². The third-order valence-electron chi connectivity index (χ3n) is 6.48. The minimum atomic E-state index is 0.0373. The lowest BCUT2D eigenvalue weighted by molar-refractivity contribution is -0.135. The van der Waals surface area contributed by atoms with E-state index in [4.69, 9.17) is 9.47 Å². The highest BCUT2D eigenvalue weighted by atomic mass is 16.7. The van der Waals surface area contributed by atoms with Crippen molar-refractivity contribution in [2.75, 3.05) is 19.9 Å². The van der Waals surface area contributed by atoms with Gasteiger partial charge in [0.05, 0.1) is 6.42 Å². The monoisotopic (exact) mass is 428 g/mol. The van der Waals surface area contributed by atoms with Crippen molar-refractivity contribution in [3.8, 4) is 11.5 Å². The first-order valence-corrected chi connectivity index (χ1v) is 11.6. The number of carbonyl (C=O) groups excluding carboxylic acids is 2. The number of nitrogens with zero attached hydrogens (tertiary/aromatic N) is 1. The molecule has 0 aromatic heterocycles. The van der Waals surface area contributed by atoms with Gasteiger partial charge in [-0.3, -0.25) is 9.59 Å². The summed E-state index contributed by atoms with van der Waals surface area (Å²) >= 11 is 0. The molecule has 1 saturated carbocycles. The lowest BCUT2D eigenvalue weighted by Gasteiger charge is -2.32. The van der Waals surface area contributed by atoms with E-state index < -0.39 is 0 Å². The number of rotatable bonds is 5. The normalized spacial score (nSPS) is 22.5. The summed E-state index contributed by atoms with van der Waals surface area (Å²) in [4.78, 5) is 27.1. The third-order valence-corrected chi connectivity index (χ3v) is 6.48. The van der Waals surface area contributed by atoms with Crippen LogP contribution >= 0.6 is 0 Å². The highest BCUT2D eigenvalue weighted by molar-refractivity contribution is 5.81. The van der Waals surface area contributed by atoms with Crippen LogP contribution in [0, 0.1) is 11.8 Å². The number of amides is 2. The van der Waals surface area contributed by atoms with Gasteiger partial charge in [0, 0.05) is 25.0 Å². The number of carbonyl (C=O) groups is 2. The minimum absolute atomic E-state index is 0.0373. The largest absolute Gasteiger partial charge is 0.454 e. The number of ether oxygens (including phenoxy) is 2. The molecular weight excluding hydrogens is 392 g/mol. The SMILES string of the molecule is C=CC.CCC1CCC(NC(=O)C2CCN(C(=O)Cc3ccc4c(c3)OCO4)CC2)C1. The number of likely N-dealkylation sites (tertiary alicyclic amines) is 1. The molecule has 2 heterocycles. The summed E-state index contributed by atoms with van der Waals surface area (Å²) in [5.41, 5.74) is 0.931. The Morgan fingerprint density at radius 1 is 1.16 bits per heavy atom. The van der Waals surface area contributed by atoms with Crippen molar-refractivity contribution in [2.45, 2.75) is 64.8 Å². The van der Waals surface area contributed by atoms with E-state index in [9.17, 15) is 9.59 Å². The van der Waals surface area contributed by atoms with Gasteiger partial charge < -0.3 is 19.7 Å². The highest BCUT2D eigenvalue weighted by Crippen LogP contribution is 2.33. The second kappa shape index (κ2) is 11.2. The fraction of sp³-hybridized carbons (Fsp3) is 0.600. The van der Waals surface area contributed by atoms with Crippen LogP contribution in [0.25, 0.3) is 0 Å². The molecular formula is C25H36N2O4. The molecule has 0 bridgehead atoms. The van der Waals surface area contributed by atoms with Gasteiger partial charge in [0.1, 0.15) is 0 Å². The maximum atomic E-state index is 12.6. The van der Waals surface area contributed by atoms with Crippen molar-refractivity contribution in [3.63, 3.8) is 0 Å². The van der Waals surface area contributed by atoms with E-state index in [0.29, 0.717) is 31.3 Å². The predicted octanol–water partition coefficient (Wildman–Crippen LogP) is 4.08. The molecule has 170 valence electrons. The second-order valence-electron chi connectivity index (χ2n) is 8.72. The van der Waals surface area contributed by atoms with Crippen molar-refractivity contribution in [1.82, 2.24) is 10.2 Å². The fourth-order valence-electron chi connectivity index (χ4n) is 4.62. The first-order chi connectivity index (χ1) is 15.0. The number of fused-ring (bicyclic) bond motifs is 1. The average molecular weight is 429 g/mol. The Kier molecular flexibility index (Phi) is 8.38. The fourth-order valence-corrected chi connectivity index (χ4v) is 4.62. The Hall–Kier alpha value is -2.50. The summed E-state index contributed by atoms with van der Waals surface area (Å²) in [7, 11) is 0. The van der Waals surface area contributed by atoms with E-state index in [2.05, 4.69) is 18.8 Å². The van der Waals surface area contributed by atoms with Gasteiger partial charge in [-0.15, -0.1) is 6.58 Å². The van der Waals surface area contributed by atoms with Gasteiger partial charge >= 0.3 is 0 Å². The molecule has 0 radical (unpaired) electrons. The van der Waals surface area contributed by atoms with E-state index >= 15 is 0 Å². The Labute approximate surface area is 186 Å². The van der Waals surface area contributed by atoms with Gasteiger partial charge in [-0.1, -0.05) is 25.5 Å². The molecule has 31 heavy (non-hydrogen) atoms. The molecule has 1 aromatic rings. The summed E-state index contributed by atoms with van der Waals surface area (Å²) in [6.07, 6.45) is 8.27. The van der Waals surface area contributed by atoms with E-state index in [1.807, 2.05) is 30.0 Å². The van der Waals surface area contributed by atoms with Crippen molar-refractivity contribution in [1.29, 1.82) is 0 Å². The molecule has 1 aromatic carbocycles. The van der Waals surface area contributed by atoms with E-state index in [0.717, 1.165) is 42.9 Å². The molecule has 2 unspecified atom stereocenters. The molecule has 3 aliphatic rings. The van der Waals surface area contributed by atoms with Crippen molar-refractivity contribution >= 4 is 11.8 Å². The molecule has 6 heteroatoms. The number of hydrogen-bond donors (Lipinski definition) is 1. The smallest absolute Gasteiger partial charge is 0.231 e. The first-order valence-electron chi connectivity index (χ1n) is 11.6. The van der Waals surface area contributed by atoms with Gasteiger partial charge in [-0.25, -0.2) is 0 Å². The first kappa shape index (κ1) is 23.2. The van der Waals surface area contributed by atoms with Crippen molar-refractivity contribution in [2.24, 2.45) is 11.8 Å². The van der Waals surface area contributed by atoms with Gasteiger partial charge in [0.2, 0.25) is 18.6 Å². The summed E-state index contributed by atoms with van der Waals surface area (Å²) in [6, 6.07) is 6.00. The number of nitrogens with one attached hydrogen (secondary N) is 1. The summed E-state index contributed by atoms with van der Waals surface area (Å²) in [6.45, 7) is 9.03. The molecule has 1 N–H and O–H groups in total. The average Bonchev–Trinajstić information content (AvgIpc) is 3.43. The van der Waals surface area contributed by atoms with E-state index in [1.54, 1.807) is 6.08 Å². The summed E-state index contributed by atoms with van der Waals surface area (Å²) in [5, 5.41) is 3.25.